The van der Waals surface area contributed by atoms with E-state index in [2.05, 4.69) is 5.32 Å². The number of nitrogens with one attached hydrogen (secondary N) is 1. The summed E-state index contributed by atoms with van der Waals surface area (Å²) in [5.41, 5.74) is 0.648. The van der Waals surface area contributed by atoms with E-state index in [1.165, 1.54) is 12.8 Å². The highest BCUT2D eigenvalue weighted by atomic mass is 35.5. The molecule has 2 atom stereocenters. The predicted octanol–water partition coefficient (Wildman–Crippen LogP) is 3.56. The molecule has 1 aromatic carbocycles. The van der Waals surface area contributed by atoms with Crippen LogP contribution in [0.4, 0.5) is 0 Å². The summed E-state index contributed by atoms with van der Waals surface area (Å²) in [5, 5.41) is 14.8. The molecule has 0 aromatic heterocycles. The first-order valence-electron chi connectivity index (χ1n) is 6.05. The predicted molar refractivity (Wildman–Crippen MR) is 71.7 cm³/mol. The second-order valence-electron chi connectivity index (χ2n) is 4.49. The first-order valence-corrected chi connectivity index (χ1v) is 6.81. The number of aliphatic hydroxyl groups excluding tert-OH is 1. The molecule has 2 N–H and O–H groups in total. The summed E-state index contributed by atoms with van der Waals surface area (Å²) in [6.07, 6.45) is 3.85. The highest BCUT2D eigenvalue weighted by Crippen LogP contribution is 2.33. The fraction of sp³-hybridized carbons (Fsp3) is 0.538. The minimum atomic E-state index is -0.630. The molecular weight excluding hydrogens is 257 g/mol. The maximum atomic E-state index is 10.4. The average molecular weight is 274 g/mol. The summed E-state index contributed by atoms with van der Waals surface area (Å²) < 4.78 is 0. The van der Waals surface area contributed by atoms with Gasteiger partial charge >= 0.3 is 0 Å². The van der Waals surface area contributed by atoms with Gasteiger partial charge in [-0.25, -0.2) is 0 Å². The summed E-state index contributed by atoms with van der Waals surface area (Å²) in [7, 11) is 0. The van der Waals surface area contributed by atoms with Crippen LogP contribution in [0.15, 0.2) is 18.2 Å². The van der Waals surface area contributed by atoms with E-state index >= 15 is 0 Å². The van der Waals surface area contributed by atoms with Crippen molar-refractivity contribution < 1.29 is 5.11 Å². The second-order valence-corrected chi connectivity index (χ2v) is 5.30. The van der Waals surface area contributed by atoms with Gasteiger partial charge < -0.3 is 10.4 Å². The van der Waals surface area contributed by atoms with Crippen LogP contribution in [-0.2, 0) is 0 Å². The lowest BCUT2D eigenvalue weighted by atomic mass is 9.98. The smallest absolute Gasteiger partial charge is 0.0971 e. The van der Waals surface area contributed by atoms with Crippen molar-refractivity contribution in [2.24, 2.45) is 0 Å². The first kappa shape index (κ1) is 13.2. The van der Waals surface area contributed by atoms with Crippen molar-refractivity contribution in [1.82, 2.24) is 5.32 Å². The van der Waals surface area contributed by atoms with Crippen molar-refractivity contribution in [2.75, 3.05) is 6.54 Å². The zero-order valence-corrected chi connectivity index (χ0v) is 11.1. The van der Waals surface area contributed by atoms with Crippen LogP contribution in [0.25, 0.3) is 0 Å². The summed E-state index contributed by atoms with van der Waals surface area (Å²) >= 11 is 12.2. The lowest BCUT2D eigenvalue weighted by Crippen LogP contribution is -2.34. The molecule has 0 saturated carbocycles. The quantitative estimate of drug-likeness (QED) is 0.864. The van der Waals surface area contributed by atoms with Crippen molar-refractivity contribution in [3.8, 4) is 0 Å². The van der Waals surface area contributed by atoms with E-state index < -0.39 is 6.10 Å². The van der Waals surface area contributed by atoms with Crippen LogP contribution in [-0.4, -0.2) is 17.7 Å². The normalized spacial score (nSPS) is 23.1. The molecule has 1 aromatic rings. The minimum absolute atomic E-state index is 0.0508. The SMILES string of the molecule is OC(c1c(Cl)cccc1Cl)C1CCCCCN1. The number of hydrogen-bond acceptors (Lipinski definition) is 2. The van der Waals surface area contributed by atoms with Gasteiger partial charge in [-0.05, 0) is 31.5 Å². The van der Waals surface area contributed by atoms with Gasteiger partial charge in [-0.1, -0.05) is 42.1 Å². The van der Waals surface area contributed by atoms with Gasteiger partial charge in [0.05, 0.1) is 6.10 Å². The molecule has 94 valence electrons. The van der Waals surface area contributed by atoms with Gasteiger partial charge in [-0.15, -0.1) is 0 Å². The van der Waals surface area contributed by atoms with Crippen molar-refractivity contribution in [3.63, 3.8) is 0 Å². The Morgan fingerprint density at radius 3 is 2.59 bits per heavy atom. The van der Waals surface area contributed by atoms with Crippen LogP contribution in [0.1, 0.15) is 37.4 Å². The summed E-state index contributed by atoms with van der Waals surface area (Å²) in [6, 6.07) is 5.38. The molecule has 1 aliphatic heterocycles. The number of aliphatic hydroxyl groups is 1. The summed E-state index contributed by atoms with van der Waals surface area (Å²) in [6.45, 7) is 0.948. The Kier molecular flexibility index (Phi) is 4.69. The molecule has 1 fully saturated rings. The van der Waals surface area contributed by atoms with Gasteiger partial charge in [-0.2, -0.15) is 0 Å². The lowest BCUT2D eigenvalue weighted by Gasteiger charge is -2.24. The molecular formula is C13H17Cl2NO. The second kappa shape index (κ2) is 6.05. The van der Waals surface area contributed by atoms with Crippen LogP contribution in [0.5, 0.6) is 0 Å². The molecule has 4 heteroatoms. The number of rotatable bonds is 2. The fourth-order valence-electron chi connectivity index (χ4n) is 2.32. The maximum Gasteiger partial charge on any atom is 0.0971 e. The van der Waals surface area contributed by atoms with Crippen LogP contribution < -0.4 is 5.32 Å². The third kappa shape index (κ3) is 3.14. The topological polar surface area (TPSA) is 32.3 Å². The molecule has 2 nitrogen and oxygen atoms in total. The van der Waals surface area contributed by atoms with Crippen LogP contribution in [0.3, 0.4) is 0 Å². The monoisotopic (exact) mass is 273 g/mol. The largest absolute Gasteiger partial charge is 0.387 e. The molecule has 1 aliphatic rings. The molecule has 1 heterocycles. The standard InChI is InChI=1S/C13H17Cl2NO/c14-9-5-4-6-10(15)12(9)13(17)11-7-2-1-3-8-16-11/h4-6,11,13,16-17H,1-3,7-8H2. The van der Waals surface area contributed by atoms with Gasteiger partial charge in [0.15, 0.2) is 0 Å². The van der Waals surface area contributed by atoms with E-state index in [1.54, 1.807) is 18.2 Å². The number of halogens is 2. The molecule has 2 unspecified atom stereocenters. The molecule has 17 heavy (non-hydrogen) atoms. The zero-order valence-electron chi connectivity index (χ0n) is 9.63. The number of hydrogen-bond donors (Lipinski definition) is 2. The van der Waals surface area contributed by atoms with E-state index in [9.17, 15) is 5.11 Å². The van der Waals surface area contributed by atoms with Crippen LogP contribution in [0, 0.1) is 0 Å². The molecule has 1 saturated heterocycles. The fourth-order valence-corrected chi connectivity index (χ4v) is 2.94. The maximum absolute atomic E-state index is 10.4. The Bertz CT molecular complexity index is 355. The Hall–Kier alpha value is -0.280. The van der Waals surface area contributed by atoms with Gasteiger partial charge in [0.2, 0.25) is 0 Å². The zero-order chi connectivity index (χ0) is 12.3. The van der Waals surface area contributed by atoms with E-state index in [0.717, 1.165) is 19.4 Å². The van der Waals surface area contributed by atoms with E-state index in [4.69, 9.17) is 23.2 Å². The molecule has 0 bridgehead atoms. The van der Waals surface area contributed by atoms with Crippen molar-refractivity contribution in [3.05, 3.63) is 33.8 Å². The van der Waals surface area contributed by atoms with E-state index in [1.807, 2.05) is 0 Å². The van der Waals surface area contributed by atoms with Gasteiger partial charge in [0.1, 0.15) is 0 Å². The van der Waals surface area contributed by atoms with Crippen molar-refractivity contribution in [2.45, 2.75) is 37.8 Å². The minimum Gasteiger partial charge on any atom is -0.387 e. The van der Waals surface area contributed by atoms with Crippen LogP contribution in [0.2, 0.25) is 10.0 Å². The number of benzene rings is 1. The average Bonchev–Trinajstić information content (AvgIpc) is 2.57. The third-order valence-corrected chi connectivity index (χ3v) is 3.93. The highest BCUT2D eigenvalue weighted by Gasteiger charge is 2.25. The molecule has 0 spiro atoms. The Morgan fingerprint density at radius 2 is 1.88 bits per heavy atom. The Morgan fingerprint density at radius 1 is 1.18 bits per heavy atom. The molecule has 2 rings (SSSR count). The van der Waals surface area contributed by atoms with E-state index in [0.29, 0.717) is 15.6 Å². The summed E-state index contributed by atoms with van der Waals surface area (Å²) in [4.78, 5) is 0. The Balaban J connectivity index is 2.20. The van der Waals surface area contributed by atoms with Crippen molar-refractivity contribution >= 4 is 23.2 Å². The van der Waals surface area contributed by atoms with Crippen LogP contribution >= 0.6 is 23.2 Å². The third-order valence-electron chi connectivity index (χ3n) is 3.28. The first-order chi connectivity index (χ1) is 8.20. The van der Waals surface area contributed by atoms with Gasteiger partial charge in [0.25, 0.3) is 0 Å². The Labute approximate surface area is 112 Å². The molecule has 0 amide bonds. The van der Waals surface area contributed by atoms with Crippen molar-refractivity contribution in [1.29, 1.82) is 0 Å². The van der Waals surface area contributed by atoms with E-state index in [-0.39, 0.29) is 6.04 Å². The van der Waals surface area contributed by atoms with Gasteiger partial charge in [-0.3, -0.25) is 0 Å². The molecule has 0 radical (unpaired) electrons. The molecule has 0 aliphatic carbocycles. The lowest BCUT2D eigenvalue weighted by molar-refractivity contribution is 0.126. The highest BCUT2D eigenvalue weighted by molar-refractivity contribution is 6.36. The van der Waals surface area contributed by atoms with Gasteiger partial charge in [0, 0.05) is 21.7 Å². The summed E-state index contributed by atoms with van der Waals surface area (Å²) in [5.74, 6) is 0.